The van der Waals surface area contributed by atoms with Gasteiger partial charge < -0.3 is 10.3 Å². The first-order valence-corrected chi connectivity index (χ1v) is 9.82. The van der Waals surface area contributed by atoms with Crippen LogP contribution < -0.4 is 5.32 Å². The molecule has 0 unspecified atom stereocenters. The first-order chi connectivity index (χ1) is 14.7. The summed E-state index contributed by atoms with van der Waals surface area (Å²) in [7, 11) is 0. The largest absolute Gasteiger partial charge is 0.354 e. The number of benzene rings is 4. The molecule has 146 valence electrons. The Bertz CT molecular complexity index is 1370. The Morgan fingerprint density at radius 3 is 2.33 bits per heavy atom. The standard InChI is InChI=1S/C26H19FN2O/c27-18-14-12-17(13-15-18)16-25(30)28-23-10-3-1-6-19(23)21-8-5-9-22-20-7-2-4-11-24(20)29-26(21)22/h1-15,29H,16H2,(H,28,30). The molecule has 0 aliphatic rings. The van der Waals surface area contributed by atoms with Crippen molar-refractivity contribution in [1.82, 2.24) is 4.98 Å². The number of H-pyrrole nitrogens is 1. The van der Waals surface area contributed by atoms with Gasteiger partial charge in [-0.05, 0) is 29.8 Å². The number of aromatic nitrogens is 1. The molecule has 5 aromatic rings. The Labute approximate surface area is 173 Å². The number of amides is 1. The van der Waals surface area contributed by atoms with Crippen molar-refractivity contribution < 1.29 is 9.18 Å². The number of hydrogen-bond donors (Lipinski definition) is 2. The summed E-state index contributed by atoms with van der Waals surface area (Å²) in [5.74, 6) is -0.450. The quantitative estimate of drug-likeness (QED) is 0.369. The van der Waals surface area contributed by atoms with E-state index in [2.05, 4.69) is 34.6 Å². The lowest BCUT2D eigenvalue weighted by Gasteiger charge is -2.12. The average Bonchev–Trinajstić information content (AvgIpc) is 3.15. The molecule has 0 spiro atoms. The van der Waals surface area contributed by atoms with Gasteiger partial charge in [0, 0.05) is 33.1 Å². The molecular formula is C26H19FN2O. The fraction of sp³-hybridized carbons (Fsp3) is 0.0385. The van der Waals surface area contributed by atoms with E-state index in [1.165, 1.54) is 17.5 Å². The second kappa shape index (κ2) is 7.48. The van der Waals surface area contributed by atoms with Gasteiger partial charge in [0.2, 0.25) is 5.91 Å². The number of halogens is 1. The maximum Gasteiger partial charge on any atom is 0.228 e. The van der Waals surface area contributed by atoms with Crippen molar-refractivity contribution in [3.05, 3.63) is 102 Å². The molecule has 1 amide bonds. The number of hydrogen-bond acceptors (Lipinski definition) is 1. The smallest absolute Gasteiger partial charge is 0.228 e. The van der Waals surface area contributed by atoms with Crippen LogP contribution in [0.1, 0.15) is 5.56 Å². The molecule has 0 aliphatic heterocycles. The van der Waals surface area contributed by atoms with Gasteiger partial charge in [-0.15, -0.1) is 0 Å². The zero-order chi connectivity index (χ0) is 20.5. The molecule has 0 atom stereocenters. The van der Waals surface area contributed by atoms with Gasteiger partial charge in [0.15, 0.2) is 0 Å². The molecule has 5 rings (SSSR count). The van der Waals surface area contributed by atoms with E-state index in [4.69, 9.17) is 0 Å². The third-order valence-corrected chi connectivity index (χ3v) is 5.31. The van der Waals surface area contributed by atoms with Crippen molar-refractivity contribution in [2.45, 2.75) is 6.42 Å². The van der Waals surface area contributed by atoms with Gasteiger partial charge in [0.05, 0.1) is 11.9 Å². The third kappa shape index (κ3) is 3.33. The minimum atomic E-state index is -0.309. The van der Waals surface area contributed by atoms with Crippen molar-refractivity contribution in [3.63, 3.8) is 0 Å². The number of carbonyl (C=O) groups excluding carboxylic acids is 1. The van der Waals surface area contributed by atoms with Gasteiger partial charge in [-0.3, -0.25) is 4.79 Å². The molecule has 4 heteroatoms. The molecule has 0 saturated carbocycles. The fourth-order valence-electron chi connectivity index (χ4n) is 3.91. The number of carbonyl (C=O) groups is 1. The molecule has 1 heterocycles. The lowest BCUT2D eigenvalue weighted by molar-refractivity contribution is -0.115. The molecule has 3 nitrogen and oxygen atoms in total. The molecule has 0 bridgehead atoms. The predicted molar refractivity (Wildman–Crippen MR) is 120 cm³/mol. The number of aromatic amines is 1. The summed E-state index contributed by atoms with van der Waals surface area (Å²) in [4.78, 5) is 16.2. The number of para-hydroxylation sites is 3. The second-order valence-electron chi connectivity index (χ2n) is 7.30. The van der Waals surface area contributed by atoms with Crippen LogP contribution in [0.3, 0.4) is 0 Å². The van der Waals surface area contributed by atoms with Gasteiger partial charge >= 0.3 is 0 Å². The van der Waals surface area contributed by atoms with Crippen molar-refractivity contribution in [2.24, 2.45) is 0 Å². The maximum absolute atomic E-state index is 13.1. The Balaban J connectivity index is 1.52. The van der Waals surface area contributed by atoms with Crippen LogP contribution in [0.25, 0.3) is 32.9 Å². The van der Waals surface area contributed by atoms with Crippen LogP contribution in [0.5, 0.6) is 0 Å². The van der Waals surface area contributed by atoms with Gasteiger partial charge in [-0.25, -0.2) is 4.39 Å². The van der Waals surface area contributed by atoms with Crippen molar-refractivity contribution in [2.75, 3.05) is 5.32 Å². The third-order valence-electron chi connectivity index (χ3n) is 5.31. The van der Waals surface area contributed by atoms with Gasteiger partial charge in [-0.2, -0.15) is 0 Å². The van der Waals surface area contributed by atoms with Gasteiger partial charge in [0.1, 0.15) is 5.82 Å². The van der Waals surface area contributed by atoms with Crippen LogP contribution in [-0.4, -0.2) is 10.9 Å². The highest BCUT2D eigenvalue weighted by Crippen LogP contribution is 2.36. The molecule has 1 aromatic heterocycles. The van der Waals surface area contributed by atoms with Gasteiger partial charge in [0.25, 0.3) is 0 Å². The summed E-state index contributed by atoms with van der Waals surface area (Å²) in [6.45, 7) is 0. The van der Waals surface area contributed by atoms with E-state index in [9.17, 15) is 9.18 Å². The topological polar surface area (TPSA) is 44.9 Å². The van der Waals surface area contributed by atoms with Crippen LogP contribution in [0.15, 0.2) is 91.0 Å². The molecule has 0 radical (unpaired) electrons. The predicted octanol–water partition coefficient (Wildman–Crippen LogP) is 6.31. The minimum absolute atomic E-state index is 0.141. The lowest BCUT2D eigenvalue weighted by atomic mass is 10.00. The first-order valence-electron chi connectivity index (χ1n) is 9.82. The van der Waals surface area contributed by atoms with Crippen LogP contribution in [-0.2, 0) is 11.2 Å². The fourth-order valence-corrected chi connectivity index (χ4v) is 3.91. The van der Waals surface area contributed by atoms with E-state index in [1.54, 1.807) is 12.1 Å². The van der Waals surface area contributed by atoms with Crippen LogP contribution in [0.2, 0.25) is 0 Å². The van der Waals surface area contributed by atoms with E-state index >= 15 is 0 Å². The summed E-state index contributed by atoms with van der Waals surface area (Å²) in [5.41, 5.74) is 5.61. The zero-order valence-electron chi connectivity index (χ0n) is 16.2. The molecule has 30 heavy (non-hydrogen) atoms. The van der Waals surface area contributed by atoms with Crippen LogP contribution >= 0.6 is 0 Å². The van der Waals surface area contributed by atoms with E-state index < -0.39 is 0 Å². The first kappa shape index (κ1) is 18.1. The molecule has 0 fully saturated rings. The highest BCUT2D eigenvalue weighted by molar-refractivity contribution is 6.13. The van der Waals surface area contributed by atoms with Crippen molar-refractivity contribution in [1.29, 1.82) is 0 Å². The SMILES string of the molecule is O=C(Cc1ccc(F)cc1)Nc1ccccc1-c1cccc2c1[nH]c1ccccc12. The minimum Gasteiger partial charge on any atom is -0.354 e. The molecular weight excluding hydrogens is 375 g/mol. The highest BCUT2D eigenvalue weighted by Gasteiger charge is 2.13. The zero-order valence-corrected chi connectivity index (χ0v) is 16.2. The second-order valence-corrected chi connectivity index (χ2v) is 7.30. The van der Waals surface area contributed by atoms with E-state index in [-0.39, 0.29) is 18.1 Å². The Hall–Kier alpha value is -3.92. The summed E-state index contributed by atoms with van der Waals surface area (Å²) >= 11 is 0. The molecule has 4 aromatic carbocycles. The number of fused-ring (bicyclic) bond motifs is 3. The van der Waals surface area contributed by atoms with E-state index in [0.717, 1.165) is 38.8 Å². The normalized spacial score (nSPS) is 11.1. The van der Waals surface area contributed by atoms with Crippen LogP contribution in [0.4, 0.5) is 10.1 Å². The number of rotatable bonds is 4. The summed E-state index contributed by atoms with van der Waals surface area (Å²) in [5, 5.41) is 5.35. The number of anilines is 1. The average molecular weight is 394 g/mol. The lowest BCUT2D eigenvalue weighted by Crippen LogP contribution is -2.15. The Morgan fingerprint density at radius 1 is 0.767 bits per heavy atom. The summed E-state index contributed by atoms with van der Waals surface area (Å²) < 4.78 is 13.1. The molecule has 2 N–H and O–H groups in total. The van der Waals surface area contributed by atoms with E-state index in [1.807, 2.05) is 42.5 Å². The summed E-state index contributed by atoms with van der Waals surface area (Å²) in [6.07, 6.45) is 0.186. The van der Waals surface area contributed by atoms with E-state index in [0.29, 0.717) is 0 Å². The Morgan fingerprint density at radius 2 is 1.47 bits per heavy atom. The van der Waals surface area contributed by atoms with Crippen molar-refractivity contribution >= 4 is 33.4 Å². The summed E-state index contributed by atoms with van der Waals surface area (Å²) in [6, 6.07) is 28.2. The van der Waals surface area contributed by atoms with Crippen molar-refractivity contribution in [3.8, 4) is 11.1 Å². The highest BCUT2D eigenvalue weighted by atomic mass is 19.1. The Kier molecular flexibility index (Phi) is 4.52. The monoisotopic (exact) mass is 394 g/mol. The number of nitrogens with one attached hydrogen (secondary N) is 2. The molecule has 0 aliphatic carbocycles. The van der Waals surface area contributed by atoms with Gasteiger partial charge in [-0.1, -0.05) is 66.7 Å². The van der Waals surface area contributed by atoms with Crippen LogP contribution in [0, 0.1) is 5.82 Å². The molecule has 0 saturated heterocycles. The maximum atomic E-state index is 13.1.